The zero-order valence-electron chi connectivity index (χ0n) is 4.90. The molecule has 1 unspecified atom stereocenters. The van der Waals surface area contributed by atoms with E-state index in [0.717, 1.165) is 0 Å². The predicted octanol–water partition coefficient (Wildman–Crippen LogP) is 1.07. The van der Waals surface area contributed by atoms with Crippen LogP contribution in [0.15, 0.2) is 0 Å². The minimum atomic E-state index is -2.12. The molecule has 0 aliphatic carbocycles. The van der Waals surface area contributed by atoms with Gasteiger partial charge in [-0.3, -0.25) is 4.21 Å². The SMILES string of the molecule is C[SH](C)(=O)C(Cl)CCl. The molecule has 0 aliphatic rings. The van der Waals surface area contributed by atoms with E-state index in [-0.39, 0.29) is 10.6 Å². The Morgan fingerprint density at radius 1 is 1.62 bits per heavy atom. The number of rotatable bonds is 2. The lowest BCUT2D eigenvalue weighted by Gasteiger charge is -2.15. The van der Waals surface area contributed by atoms with Gasteiger partial charge in [0.1, 0.15) is 0 Å². The van der Waals surface area contributed by atoms with Gasteiger partial charge in [-0.25, -0.2) is 0 Å². The normalized spacial score (nSPS) is 18.0. The molecule has 0 spiro atoms. The first-order valence-electron chi connectivity index (χ1n) is 2.23. The van der Waals surface area contributed by atoms with Gasteiger partial charge in [0.25, 0.3) is 0 Å². The monoisotopic (exact) mass is 176 g/mol. The van der Waals surface area contributed by atoms with Gasteiger partial charge in [-0.05, 0) is 12.5 Å². The van der Waals surface area contributed by atoms with Crippen LogP contribution in [0.4, 0.5) is 0 Å². The van der Waals surface area contributed by atoms with Crippen LogP contribution in [0.1, 0.15) is 0 Å². The summed E-state index contributed by atoms with van der Waals surface area (Å²) in [6, 6.07) is 0. The highest BCUT2D eigenvalue weighted by atomic mass is 35.5. The summed E-state index contributed by atoms with van der Waals surface area (Å²) in [4.78, 5) is 0. The van der Waals surface area contributed by atoms with Gasteiger partial charge in [0.15, 0.2) is 0 Å². The van der Waals surface area contributed by atoms with Crippen molar-refractivity contribution in [3.63, 3.8) is 0 Å². The fraction of sp³-hybridized carbons (Fsp3) is 1.00. The smallest absolute Gasteiger partial charge is 0.0996 e. The van der Waals surface area contributed by atoms with Crippen molar-refractivity contribution >= 4 is 33.1 Å². The van der Waals surface area contributed by atoms with Crippen molar-refractivity contribution in [2.45, 2.75) is 4.71 Å². The van der Waals surface area contributed by atoms with E-state index in [9.17, 15) is 4.21 Å². The van der Waals surface area contributed by atoms with Gasteiger partial charge in [-0.2, -0.15) is 0 Å². The Balaban J connectivity index is 3.82. The topological polar surface area (TPSA) is 17.1 Å². The third kappa shape index (κ3) is 2.90. The second-order valence-corrected chi connectivity index (χ2v) is 6.65. The van der Waals surface area contributed by atoms with E-state index < -0.39 is 9.93 Å². The second-order valence-electron chi connectivity index (χ2n) is 2.02. The summed E-state index contributed by atoms with van der Waals surface area (Å²) in [7, 11) is -2.12. The maximum absolute atomic E-state index is 10.9. The highest BCUT2D eigenvalue weighted by Crippen LogP contribution is 2.10. The van der Waals surface area contributed by atoms with Crippen LogP contribution >= 0.6 is 23.2 Å². The summed E-state index contributed by atoms with van der Waals surface area (Å²) in [6.45, 7) is 0. The molecule has 0 aromatic heterocycles. The van der Waals surface area contributed by atoms with Gasteiger partial charge in [-0.1, -0.05) is 9.93 Å². The number of thiol groups is 1. The molecule has 0 rings (SSSR count). The van der Waals surface area contributed by atoms with Crippen LogP contribution in [0.3, 0.4) is 0 Å². The highest BCUT2D eigenvalue weighted by Gasteiger charge is 2.12. The summed E-state index contributed by atoms with van der Waals surface area (Å²) < 4.78 is 10.6. The molecule has 0 bridgehead atoms. The van der Waals surface area contributed by atoms with Crippen LogP contribution < -0.4 is 0 Å². The maximum atomic E-state index is 10.9. The third-order valence-electron chi connectivity index (χ3n) is 0.802. The van der Waals surface area contributed by atoms with Crippen LogP contribution in [-0.2, 0) is 9.93 Å². The lowest BCUT2D eigenvalue weighted by molar-refractivity contribution is 0.677. The Labute approximate surface area is 60.8 Å². The molecule has 0 heterocycles. The summed E-state index contributed by atoms with van der Waals surface area (Å²) in [6.07, 6.45) is 3.26. The average Bonchev–Trinajstić information content (AvgIpc) is 1.62. The van der Waals surface area contributed by atoms with Crippen molar-refractivity contribution in [3.8, 4) is 0 Å². The summed E-state index contributed by atoms with van der Waals surface area (Å²) in [5, 5.41) is 0. The molecule has 0 aromatic carbocycles. The molecule has 0 saturated carbocycles. The largest absolute Gasteiger partial charge is 0.284 e. The molecule has 0 amide bonds. The number of hydrogen-bond acceptors (Lipinski definition) is 1. The summed E-state index contributed by atoms with van der Waals surface area (Å²) in [5.41, 5.74) is 0. The van der Waals surface area contributed by atoms with Crippen LogP contribution in [0.2, 0.25) is 0 Å². The molecule has 0 aliphatic heterocycles. The minimum Gasteiger partial charge on any atom is -0.284 e. The molecular weight excluding hydrogens is 167 g/mol. The van der Waals surface area contributed by atoms with Crippen molar-refractivity contribution in [1.29, 1.82) is 0 Å². The van der Waals surface area contributed by atoms with E-state index in [1.54, 1.807) is 12.5 Å². The Hall–Kier alpha value is 0.730. The van der Waals surface area contributed by atoms with Gasteiger partial charge < -0.3 is 0 Å². The van der Waals surface area contributed by atoms with E-state index in [4.69, 9.17) is 23.2 Å². The zero-order chi connectivity index (χ0) is 6.78. The molecule has 0 saturated heterocycles. The zero-order valence-corrected chi connectivity index (χ0v) is 7.30. The van der Waals surface area contributed by atoms with Gasteiger partial charge in [0.05, 0.1) is 4.71 Å². The molecule has 52 valence electrons. The molecular formula is C4H10Cl2OS. The van der Waals surface area contributed by atoms with Crippen molar-refractivity contribution < 1.29 is 4.21 Å². The molecule has 0 aromatic rings. The summed E-state index contributed by atoms with van der Waals surface area (Å²) >= 11 is 10.9. The van der Waals surface area contributed by atoms with E-state index in [0.29, 0.717) is 0 Å². The van der Waals surface area contributed by atoms with Gasteiger partial charge in [0, 0.05) is 5.88 Å². The number of halogens is 2. The lowest BCUT2D eigenvalue weighted by atomic mass is 10.9. The van der Waals surface area contributed by atoms with E-state index in [1.165, 1.54) is 0 Å². The standard InChI is InChI=1S/C4H10Cl2OS/c1-8(2,7)4(6)3-5/h4,8H,3H2,1-2H3. The predicted molar refractivity (Wildman–Crippen MR) is 41.7 cm³/mol. The van der Waals surface area contributed by atoms with E-state index in [2.05, 4.69) is 0 Å². The van der Waals surface area contributed by atoms with Crippen LogP contribution in [0, 0.1) is 0 Å². The Morgan fingerprint density at radius 3 is 2.00 bits per heavy atom. The van der Waals surface area contributed by atoms with Gasteiger partial charge in [0.2, 0.25) is 0 Å². The van der Waals surface area contributed by atoms with Crippen LogP contribution in [0.5, 0.6) is 0 Å². The molecule has 0 N–H and O–H groups in total. The summed E-state index contributed by atoms with van der Waals surface area (Å²) in [5.74, 6) is 0.270. The first-order chi connectivity index (χ1) is 3.48. The fourth-order valence-corrected chi connectivity index (χ4v) is 1.50. The molecule has 1 nitrogen and oxygen atoms in total. The van der Waals surface area contributed by atoms with Crippen LogP contribution in [0.25, 0.3) is 0 Å². The van der Waals surface area contributed by atoms with Crippen molar-refractivity contribution in [3.05, 3.63) is 0 Å². The van der Waals surface area contributed by atoms with Crippen molar-refractivity contribution in [2.75, 3.05) is 18.4 Å². The number of alkyl halides is 2. The number of hydrogen-bond donors (Lipinski definition) is 1. The molecule has 1 atom stereocenters. The van der Waals surface area contributed by atoms with E-state index in [1.807, 2.05) is 0 Å². The Bertz CT molecular complexity index is 109. The Kier molecular flexibility index (Phi) is 3.32. The highest BCUT2D eigenvalue weighted by molar-refractivity contribution is 8.03. The molecule has 0 fully saturated rings. The first-order valence-corrected chi connectivity index (χ1v) is 5.87. The Morgan fingerprint density at radius 2 is 2.00 bits per heavy atom. The van der Waals surface area contributed by atoms with Gasteiger partial charge in [-0.15, -0.1) is 23.2 Å². The quantitative estimate of drug-likeness (QED) is 0.493. The average molecular weight is 177 g/mol. The molecule has 0 radical (unpaired) electrons. The van der Waals surface area contributed by atoms with E-state index >= 15 is 0 Å². The lowest BCUT2D eigenvalue weighted by Crippen LogP contribution is -2.21. The molecule has 8 heavy (non-hydrogen) atoms. The van der Waals surface area contributed by atoms with Crippen molar-refractivity contribution in [1.82, 2.24) is 0 Å². The third-order valence-corrected chi connectivity index (χ3v) is 4.58. The second kappa shape index (κ2) is 3.04. The minimum absolute atomic E-state index is 0.270. The van der Waals surface area contributed by atoms with Gasteiger partial charge >= 0.3 is 0 Å². The molecule has 4 heteroatoms. The first kappa shape index (κ1) is 8.73. The van der Waals surface area contributed by atoms with Crippen molar-refractivity contribution in [2.24, 2.45) is 0 Å². The van der Waals surface area contributed by atoms with Crippen LogP contribution in [-0.4, -0.2) is 27.3 Å². The maximum Gasteiger partial charge on any atom is 0.0996 e. The fourth-order valence-electron chi connectivity index (χ4n) is 0.166.